The molecule has 0 bridgehead atoms. The molecule has 0 unspecified atom stereocenters. The van der Waals surface area contributed by atoms with Crippen LogP contribution in [0.2, 0.25) is 0 Å². The predicted octanol–water partition coefficient (Wildman–Crippen LogP) is 1.33. The van der Waals surface area contributed by atoms with Crippen LogP contribution in [0.5, 0.6) is 0 Å². The SMILES string of the molecule is OC1(C2=CC=CNC2)CCCC1. The second kappa shape index (κ2) is 2.94. The maximum Gasteiger partial charge on any atom is 0.0876 e. The monoisotopic (exact) mass is 165 g/mol. The third kappa shape index (κ3) is 1.27. The van der Waals surface area contributed by atoms with Gasteiger partial charge in [0.05, 0.1) is 5.60 Å². The Balaban J connectivity index is 2.16. The molecule has 2 rings (SSSR count). The number of aliphatic hydroxyl groups is 1. The van der Waals surface area contributed by atoms with Gasteiger partial charge >= 0.3 is 0 Å². The summed E-state index contributed by atoms with van der Waals surface area (Å²) in [4.78, 5) is 0. The fraction of sp³-hybridized carbons (Fsp3) is 0.600. The highest BCUT2D eigenvalue weighted by Crippen LogP contribution is 2.35. The van der Waals surface area contributed by atoms with Crippen molar-refractivity contribution in [2.45, 2.75) is 31.3 Å². The summed E-state index contributed by atoms with van der Waals surface area (Å²) < 4.78 is 0. The molecule has 2 N–H and O–H groups in total. The smallest absolute Gasteiger partial charge is 0.0876 e. The van der Waals surface area contributed by atoms with Crippen molar-refractivity contribution >= 4 is 0 Å². The molecule has 1 aliphatic heterocycles. The largest absolute Gasteiger partial charge is 0.387 e. The average Bonchev–Trinajstić information content (AvgIpc) is 2.55. The molecule has 0 aromatic heterocycles. The standard InChI is InChI=1S/C10H15NO/c12-10(5-1-2-6-10)9-4-3-7-11-8-9/h3-4,7,11-12H,1-2,5-6,8H2. The van der Waals surface area contributed by atoms with Crippen LogP contribution in [0.15, 0.2) is 23.9 Å². The van der Waals surface area contributed by atoms with E-state index in [-0.39, 0.29) is 0 Å². The van der Waals surface area contributed by atoms with Gasteiger partial charge in [0.15, 0.2) is 0 Å². The maximum atomic E-state index is 10.2. The van der Waals surface area contributed by atoms with Crippen LogP contribution >= 0.6 is 0 Å². The fourth-order valence-electron chi connectivity index (χ4n) is 2.06. The molecule has 1 fully saturated rings. The molecular weight excluding hydrogens is 150 g/mol. The Morgan fingerprint density at radius 3 is 2.67 bits per heavy atom. The van der Waals surface area contributed by atoms with E-state index in [2.05, 4.69) is 5.32 Å². The van der Waals surface area contributed by atoms with Gasteiger partial charge in [-0.25, -0.2) is 0 Å². The topological polar surface area (TPSA) is 32.3 Å². The van der Waals surface area contributed by atoms with Gasteiger partial charge in [-0.15, -0.1) is 0 Å². The van der Waals surface area contributed by atoms with E-state index in [1.54, 1.807) is 0 Å². The van der Waals surface area contributed by atoms with Gasteiger partial charge in [-0.2, -0.15) is 0 Å². The Bertz CT molecular complexity index is 224. The molecule has 0 aromatic carbocycles. The third-order valence-electron chi connectivity index (χ3n) is 2.83. The van der Waals surface area contributed by atoms with Gasteiger partial charge in [0.25, 0.3) is 0 Å². The summed E-state index contributed by atoms with van der Waals surface area (Å²) in [5, 5.41) is 13.3. The lowest BCUT2D eigenvalue weighted by atomic mass is 9.90. The van der Waals surface area contributed by atoms with Crippen molar-refractivity contribution in [1.29, 1.82) is 0 Å². The number of hydrogen-bond donors (Lipinski definition) is 2. The van der Waals surface area contributed by atoms with Gasteiger partial charge < -0.3 is 10.4 Å². The summed E-state index contributed by atoms with van der Waals surface area (Å²) in [6.07, 6.45) is 10.1. The molecule has 2 aliphatic rings. The Hall–Kier alpha value is -0.760. The van der Waals surface area contributed by atoms with E-state index in [1.165, 1.54) is 0 Å². The quantitative estimate of drug-likeness (QED) is 0.614. The van der Waals surface area contributed by atoms with Gasteiger partial charge in [0.1, 0.15) is 0 Å². The summed E-state index contributed by atoms with van der Waals surface area (Å²) in [6.45, 7) is 0.812. The molecule has 0 radical (unpaired) electrons. The second-order valence-corrected chi connectivity index (χ2v) is 3.67. The summed E-state index contributed by atoms with van der Waals surface area (Å²) in [5.74, 6) is 0. The summed E-state index contributed by atoms with van der Waals surface area (Å²) in [7, 11) is 0. The van der Waals surface area contributed by atoms with Gasteiger partial charge in [-0.1, -0.05) is 18.9 Å². The first-order chi connectivity index (χ1) is 5.81. The van der Waals surface area contributed by atoms with E-state index in [1.807, 2.05) is 18.4 Å². The Labute approximate surface area is 73.0 Å². The van der Waals surface area contributed by atoms with Crippen LogP contribution < -0.4 is 5.32 Å². The minimum atomic E-state index is -0.488. The van der Waals surface area contributed by atoms with Crippen molar-refractivity contribution in [3.8, 4) is 0 Å². The lowest BCUT2D eigenvalue weighted by Gasteiger charge is -2.27. The van der Waals surface area contributed by atoms with E-state index >= 15 is 0 Å². The van der Waals surface area contributed by atoms with Gasteiger partial charge in [-0.3, -0.25) is 0 Å². The first kappa shape index (κ1) is 7.87. The second-order valence-electron chi connectivity index (χ2n) is 3.67. The molecule has 1 heterocycles. The third-order valence-corrected chi connectivity index (χ3v) is 2.83. The first-order valence-electron chi connectivity index (χ1n) is 4.63. The van der Waals surface area contributed by atoms with Crippen LogP contribution in [0.25, 0.3) is 0 Å². The van der Waals surface area contributed by atoms with Crippen LogP contribution in [0.4, 0.5) is 0 Å². The number of dihydropyridines is 1. The van der Waals surface area contributed by atoms with Crippen molar-refractivity contribution in [3.05, 3.63) is 23.9 Å². The summed E-state index contributed by atoms with van der Waals surface area (Å²) in [6, 6.07) is 0. The highest BCUT2D eigenvalue weighted by atomic mass is 16.3. The van der Waals surface area contributed by atoms with Crippen LogP contribution in [0, 0.1) is 0 Å². The molecule has 12 heavy (non-hydrogen) atoms. The highest BCUT2D eigenvalue weighted by Gasteiger charge is 2.34. The van der Waals surface area contributed by atoms with E-state index in [4.69, 9.17) is 0 Å². The molecule has 2 heteroatoms. The molecule has 0 aromatic rings. The molecule has 0 spiro atoms. The van der Waals surface area contributed by atoms with Crippen molar-refractivity contribution in [2.75, 3.05) is 6.54 Å². The zero-order valence-corrected chi connectivity index (χ0v) is 7.21. The normalized spacial score (nSPS) is 26.6. The van der Waals surface area contributed by atoms with Gasteiger partial charge in [-0.05, 0) is 30.7 Å². The number of nitrogens with one attached hydrogen (secondary N) is 1. The highest BCUT2D eigenvalue weighted by molar-refractivity contribution is 5.27. The van der Waals surface area contributed by atoms with Crippen LogP contribution in [-0.2, 0) is 0 Å². The van der Waals surface area contributed by atoms with E-state index < -0.39 is 5.60 Å². The first-order valence-corrected chi connectivity index (χ1v) is 4.63. The van der Waals surface area contributed by atoms with Crippen molar-refractivity contribution in [3.63, 3.8) is 0 Å². The van der Waals surface area contributed by atoms with Crippen LogP contribution in [0.3, 0.4) is 0 Å². The van der Waals surface area contributed by atoms with Gasteiger partial charge in [0, 0.05) is 6.54 Å². The van der Waals surface area contributed by atoms with Crippen molar-refractivity contribution in [2.24, 2.45) is 0 Å². The Morgan fingerprint density at radius 2 is 2.08 bits per heavy atom. The fourth-order valence-corrected chi connectivity index (χ4v) is 2.06. The lowest BCUT2D eigenvalue weighted by Crippen LogP contribution is -2.33. The summed E-state index contributed by atoms with van der Waals surface area (Å²) in [5.41, 5.74) is 0.667. The number of rotatable bonds is 1. The summed E-state index contributed by atoms with van der Waals surface area (Å²) >= 11 is 0. The maximum absolute atomic E-state index is 10.2. The Kier molecular flexibility index (Phi) is 1.93. The zero-order chi connectivity index (χ0) is 8.44. The lowest BCUT2D eigenvalue weighted by molar-refractivity contribution is 0.0839. The average molecular weight is 165 g/mol. The minimum Gasteiger partial charge on any atom is -0.387 e. The predicted molar refractivity (Wildman–Crippen MR) is 48.6 cm³/mol. The molecule has 2 nitrogen and oxygen atoms in total. The molecule has 1 aliphatic carbocycles. The van der Waals surface area contributed by atoms with E-state index in [0.29, 0.717) is 0 Å². The van der Waals surface area contributed by atoms with Crippen LogP contribution in [0.1, 0.15) is 25.7 Å². The van der Waals surface area contributed by atoms with E-state index in [9.17, 15) is 5.11 Å². The molecule has 1 saturated carbocycles. The van der Waals surface area contributed by atoms with Crippen LogP contribution in [-0.4, -0.2) is 17.3 Å². The Morgan fingerprint density at radius 1 is 1.33 bits per heavy atom. The number of allylic oxidation sites excluding steroid dienone is 2. The van der Waals surface area contributed by atoms with E-state index in [0.717, 1.165) is 37.8 Å². The van der Waals surface area contributed by atoms with Crippen molar-refractivity contribution < 1.29 is 5.11 Å². The minimum absolute atomic E-state index is 0.488. The van der Waals surface area contributed by atoms with Gasteiger partial charge in [0.2, 0.25) is 0 Å². The molecule has 66 valence electrons. The molecule has 0 saturated heterocycles. The zero-order valence-electron chi connectivity index (χ0n) is 7.21. The molecule has 0 atom stereocenters. The van der Waals surface area contributed by atoms with Crippen molar-refractivity contribution in [1.82, 2.24) is 5.32 Å². The number of hydrogen-bond acceptors (Lipinski definition) is 2. The molecule has 0 amide bonds. The molecular formula is C10H15NO.